The zero-order chi connectivity index (χ0) is 19.5. The number of hydrogen-bond donors (Lipinski definition) is 1. The molecule has 0 aliphatic heterocycles. The Morgan fingerprint density at radius 3 is 2.14 bits per heavy atom. The zero-order valence-electron chi connectivity index (χ0n) is 17.1. The number of anilines is 1. The van der Waals surface area contributed by atoms with Crippen LogP contribution in [0, 0.1) is 23.2 Å². The summed E-state index contributed by atoms with van der Waals surface area (Å²) in [7, 11) is 0. The molecule has 2 aromatic rings. The molecule has 5 nitrogen and oxygen atoms in total. The summed E-state index contributed by atoms with van der Waals surface area (Å²) in [5.41, 5.74) is 2.77. The van der Waals surface area contributed by atoms with Crippen molar-refractivity contribution in [3.05, 3.63) is 36.2 Å². The van der Waals surface area contributed by atoms with Crippen LogP contribution in [0.15, 0.2) is 30.5 Å². The summed E-state index contributed by atoms with van der Waals surface area (Å²) in [6.07, 6.45) is 9.17. The number of amides is 1. The average molecular weight is 379 g/mol. The van der Waals surface area contributed by atoms with Crippen LogP contribution < -0.4 is 5.32 Å². The molecule has 4 bridgehead atoms. The normalized spacial score (nSPS) is 31.2. The van der Waals surface area contributed by atoms with E-state index in [4.69, 9.17) is 0 Å². The van der Waals surface area contributed by atoms with Gasteiger partial charge < -0.3 is 5.32 Å². The van der Waals surface area contributed by atoms with Gasteiger partial charge in [0.25, 0.3) is 0 Å². The third-order valence-electron chi connectivity index (χ3n) is 7.21. The fourth-order valence-corrected chi connectivity index (χ4v) is 6.28. The van der Waals surface area contributed by atoms with E-state index in [0.717, 1.165) is 54.1 Å². The van der Waals surface area contributed by atoms with Crippen LogP contribution in [0.1, 0.15) is 65.0 Å². The van der Waals surface area contributed by atoms with Crippen LogP contribution in [0.2, 0.25) is 0 Å². The molecule has 0 radical (unpaired) electrons. The monoisotopic (exact) mass is 378 g/mol. The number of nitrogens with one attached hydrogen (secondary N) is 1. The highest BCUT2D eigenvalue weighted by Crippen LogP contribution is 2.60. The van der Waals surface area contributed by atoms with Gasteiger partial charge in [0, 0.05) is 11.1 Å². The minimum atomic E-state index is -0.112. The summed E-state index contributed by atoms with van der Waals surface area (Å²) < 4.78 is 1.88. The molecule has 5 heteroatoms. The molecule has 0 atom stereocenters. The summed E-state index contributed by atoms with van der Waals surface area (Å²) in [6, 6.07) is 8.00. The summed E-state index contributed by atoms with van der Waals surface area (Å²) in [5.74, 6) is 2.59. The maximum absolute atomic E-state index is 13.2. The molecule has 1 amide bonds. The van der Waals surface area contributed by atoms with Crippen molar-refractivity contribution in [2.45, 2.75) is 64.7 Å². The van der Waals surface area contributed by atoms with Crippen molar-refractivity contribution in [3.63, 3.8) is 0 Å². The van der Waals surface area contributed by atoms with Crippen LogP contribution >= 0.6 is 0 Å². The average Bonchev–Trinajstić information content (AvgIpc) is 3.11. The number of rotatable bonds is 3. The predicted molar refractivity (Wildman–Crippen MR) is 109 cm³/mol. The van der Waals surface area contributed by atoms with E-state index in [0.29, 0.717) is 0 Å². The minimum Gasteiger partial charge on any atom is -0.326 e. The Balaban J connectivity index is 1.33. The molecule has 0 spiro atoms. The van der Waals surface area contributed by atoms with Gasteiger partial charge in [-0.25, -0.2) is 4.68 Å². The summed E-state index contributed by atoms with van der Waals surface area (Å²) in [5, 5.41) is 11.6. The highest BCUT2D eigenvalue weighted by Gasteiger charge is 2.54. The molecule has 148 valence electrons. The van der Waals surface area contributed by atoms with Crippen molar-refractivity contribution in [1.82, 2.24) is 15.0 Å². The molecule has 1 aromatic heterocycles. The van der Waals surface area contributed by atoms with E-state index in [1.54, 1.807) is 0 Å². The Morgan fingerprint density at radius 1 is 1.04 bits per heavy atom. The first-order chi connectivity index (χ1) is 13.3. The third-order valence-corrected chi connectivity index (χ3v) is 7.21. The molecule has 0 saturated heterocycles. The van der Waals surface area contributed by atoms with Crippen molar-refractivity contribution in [2.24, 2.45) is 23.2 Å². The molecule has 28 heavy (non-hydrogen) atoms. The van der Waals surface area contributed by atoms with E-state index in [2.05, 4.69) is 36.4 Å². The van der Waals surface area contributed by atoms with Crippen molar-refractivity contribution >= 4 is 11.6 Å². The molecule has 6 rings (SSSR count). The number of carbonyl (C=O) groups is 1. The van der Waals surface area contributed by atoms with Crippen LogP contribution in [0.4, 0.5) is 5.69 Å². The molecule has 4 aliphatic carbocycles. The van der Waals surface area contributed by atoms with Crippen LogP contribution in [0.3, 0.4) is 0 Å². The Morgan fingerprint density at radius 2 is 1.61 bits per heavy atom. The highest BCUT2D eigenvalue weighted by atomic mass is 16.2. The van der Waals surface area contributed by atoms with E-state index >= 15 is 0 Å². The molecule has 1 heterocycles. The number of aromatic nitrogens is 3. The van der Waals surface area contributed by atoms with Gasteiger partial charge in [0.1, 0.15) is 0 Å². The predicted octanol–water partition coefficient (Wildman–Crippen LogP) is 4.72. The van der Waals surface area contributed by atoms with E-state index in [1.165, 1.54) is 19.3 Å². The van der Waals surface area contributed by atoms with E-state index in [1.807, 2.05) is 35.1 Å². The van der Waals surface area contributed by atoms with Gasteiger partial charge in [-0.15, -0.1) is 5.10 Å². The van der Waals surface area contributed by atoms with E-state index < -0.39 is 0 Å². The lowest BCUT2D eigenvalue weighted by molar-refractivity contribution is -0.140. The van der Waals surface area contributed by atoms with Gasteiger partial charge in [-0.05, 0) is 80.5 Å². The Labute approximate surface area is 166 Å². The fraction of sp³-hybridized carbons (Fsp3) is 0.609. The first-order valence-corrected chi connectivity index (χ1v) is 10.7. The van der Waals surface area contributed by atoms with Crippen LogP contribution in [-0.4, -0.2) is 20.9 Å². The van der Waals surface area contributed by atoms with E-state index in [9.17, 15) is 4.79 Å². The second kappa shape index (κ2) is 6.16. The topological polar surface area (TPSA) is 59.8 Å². The Kier molecular flexibility index (Phi) is 3.94. The first-order valence-electron chi connectivity index (χ1n) is 10.7. The Hall–Kier alpha value is -2.17. The SMILES string of the molecule is CC(C)(C)c1cnnn1-c1ccc(NC(=O)C23CC4CC(CC(C4)C2)C3)cc1. The molecular formula is C23H30N4O. The molecule has 4 fully saturated rings. The maximum Gasteiger partial charge on any atom is 0.230 e. The van der Waals surface area contributed by atoms with Crippen LogP contribution in [-0.2, 0) is 10.2 Å². The van der Waals surface area contributed by atoms with Gasteiger partial charge in [-0.2, -0.15) is 0 Å². The maximum atomic E-state index is 13.2. The van der Waals surface area contributed by atoms with E-state index in [-0.39, 0.29) is 16.7 Å². The lowest BCUT2D eigenvalue weighted by atomic mass is 9.49. The summed E-state index contributed by atoms with van der Waals surface area (Å²) in [6.45, 7) is 6.47. The second-order valence-corrected chi connectivity index (χ2v) is 10.5. The minimum absolute atomic E-state index is 0.0328. The molecular weight excluding hydrogens is 348 g/mol. The fourth-order valence-electron chi connectivity index (χ4n) is 6.28. The third kappa shape index (κ3) is 2.96. The molecule has 0 unspecified atom stereocenters. The number of benzene rings is 1. The molecule has 1 aromatic carbocycles. The number of carbonyl (C=O) groups excluding carboxylic acids is 1. The van der Waals surface area contributed by atoms with Crippen LogP contribution in [0.25, 0.3) is 5.69 Å². The van der Waals surface area contributed by atoms with Gasteiger partial charge in [0.05, 0.1) is 23.0 Å². The molecule has 4 aliphatic rings. The standard InChI is InChI=1S/C23H30N4O/c1-22(2,3)20-14-24-26-27(20)19-6-4-18(5-7-19)25-21(28)23-11-15-8-16(12-23)10-17(9-15)13-23/h4-7,14-17H,8-13H2,1-3H3,(H,25,28). The lowest BCUT2D eigenvalue weighted by Crippen LogP contribution is -2.51. The van der Waals surface area contributed by atoms with Gasteiger partial charge in [0.15, 0.2) is 0 Å². The lowest BCUT2D eigenvalue weighted by Gasteiger charge is -2.55. The largest absolute Gasteiger partial charge is 0.326 e. The van der Waals surface area contributed by atoms with Crippen molar-refractivity contribution in [1.29, 1.82) is 0 Å². The molecule has 1 N–H and O–H groups in total. The Bertz CT molecular complexity index is 855. The van der Waals surface area contributed by atoms with Crippen molar-refractivity contribution in [2.75, 3.05) is 5.32 Å². The van der Waals surface area contributed by atoms with Crippen LogP contribution in [0.5, 0.6) is 0 Å². The first kappa shape index (κ1) is 17.9. The van der Waals surface area contributed by atoms with Crippen molar-refractivity contribution < 1.29 is 4.79 Å². The smallest absolute Gasteiger partial charge is 0.230 e. The zero-order valence-corrected chi connectivity index (χ0v) is 17.1. The summed E-state index contributed by atoms with van der Waals surface area (Å²) >= 11 is 0. The van der Waals surface area contributed by atoms with Gasteiger partial charge in [0.2, 0.25) is 5.91 Å². The van der Waals surface area contributed by atoms with Gasteiger partial charge in [-0.3, -0.25) is 4.79 Å². The number of nitrogens with zero attached hydrogens (tertiary/aromatic N) is 3. The molecule has 4 saturated carbocycles. The quantitative estimate of drug-likeness (QED) is 0.841. The van der Waals surface area contributed by atoms with Gasteiger partial charge in [-0.1, -0.05) is 26.0 Å². The summed E-state index contributed by atoms with van der Waals surface area (Å²) in [4.78, 5) is 13.2. The number of hydrogen-bond acceptors (Lipinski definition) is 3. The second-order valence-electron chi connectivity index (χ2n) is 10.5. The van der Waals surface area contributed by atoms with Crippen molar-refractivity contribution in [3.8, 4) is 5.69 Å². The highest BCUT2D eigenvalue weighted by molar-refractivity contribution is 5.95. The van der Waals surface area contributed by atoms with Gasteiger partial charge >= 0.3 is 0 Å².